The van der Waals surface area contributed by atoms with E-state index in [9.17, 15) is 9.90 Å². The van der Waals surface area contributed by atoms with Crippen molar-refractivity contribution < 1.29 is 28.8 Å². The van der Waals surface area contributed by atoms with Crippen LogP contribution in [0.3, 0.4) is 0 Å². The van der Waals surface area contributed by atoms with E-state index in [0.29, 0.717) is 30.8 Å². The largest absolute Gasteiger partial charge is 0.493 e. The van der Waals surface area contributed by atoms with Crippen LogP contribution in [0.1, 0.15) is 10.4 Å². The molecule has 1 aromatic rings. The average Bonchev–Trinajstić information content (AvgIpc) is 2.49. The van der Waals surface area contributed by atoms with E-state index in [1.807, 2.05) is 0 Å². The van der Waals surface area contributed by atoms with Gasteiger partial charge < -0.3 is 24.1 Å². The van der Waals surface area contributed by atoms with Crippen LogP contribution in [-0.4, -0.2) is 58.1 Å². The van der Waals surface area contributed by atoms with Gasteiger partial charge in [0.25, 0.3) is 0 Å². The minimum absolute atomic E-state index is 0.0104. The Morgan fingerprint density at radius 3 is 2.67 bits per heavy atom. The molecular weight excluding hydrogens is 300 g/mol. The number of carbonyl (C=O) groups excluding carboxylic acids is 1. The summed E-state index contributed by atoms with van der Waals surface area (Å²) in [5.74, 6) is 0.609. The van der Waals surface area contributed by atoms with Crippen LogP contribution >= 0.6 is 11.6 Å². The number of carbonyl (C=O) groups is 1. The fourth-order valence-electron chi connectivity index (χ4n) is 1.54. The van der Waals surface area contributed by atoms with E-state index in [1.165, 1.54) is 19.2 Å². The molecule has 0 radical (unpaired) electrons. The number of hydrogen-bond donors (Lipinski definition) is 1. The van der Waals surface area contributed by atoms with Crippen LogP contribution in [0.4, 0.5) is 0 Å². The van der Waals surface area contributed by atoms with Crippen molar-refractivity contribution in [3.05, 3.63) is 22.7 Å². The lowest BCUT2D eigenvalue weighted by molar-refractivity contribution is -0.00448. The normalized spacial score (nSPS) is 12.0. The Hall–Kier alpha value is -1.34. The van der Waals surface area contributed by atoms with Gasteiger partial charge in [-0.1, -0.05) is 11.6 Å². The van der Waals surface area contributed by atoms with Crippen LogP contribution < -0.4 is 9.47 Å². The number of aliphatic hydroxyl groups excluding tert-OH is 1. The quantitative estimate of drug-likeness (QED) is 0.521. The summed E-state index contributed by atoms with van der Waals surface area (Å²) >= 11 is 6.03. The minimum atomic E-state index is -0.812. The van der Waals surface area contributed by atoms with Crippen molar-refractivity contribution in [1.29, 1.82) is 0 Å². The Morgan fingerprint density at radius 2 is 2.05 bits per heavy atom. The summed E-state index contributed by atoms with van der Waals surface area (Å²) in [7, 11) is 3.01. The number of methoxy groups -OCH3 is 2. The molecular formula is C14H19ClO6. The van der Waals surface area contributed by atoms with Crippen molar-refractivity contribution >= 4 is 17.9 Å². The highest BCUT2D eigenvalue weighted by molar-refractivity contribution is 6.32. The first-order chi connectivity index (χ1) is 10.1. The lowest BCUT2D eigenvalue weighted by atomic mass is 10.2. The SMILES string of the molecule is COCCOCC(O)COc1c(Cl)cc(C=O)cc1OC. The van der Waals surface area contributed by atoms with Crippen molar-refractivity contribution in [1.82, 2.24) is 0 Å². The second kappa shape index (κ2) is 9.57. The molecule has 21 heavy (non-hydrogen) atoms. The Bertz CT molecular complexity index is 451. The highest BCUT2D eigenvalue weighted by Crippen LogP contribution is 2.36. The molecule has 0 aliphatic carbocycles. The molecule has 0 bridgehead atoms. The second-order valence-corrected chi connectivity index (χ2v) is 4.59. The maximum atomic E-state index is 10.8. The Labute approximate surface area is 128 Å². The minimum Gasteiger partial charge on any atom is -0.493 e. The van der Waals surface area contributed by atoms with E-state index in [0.717, 1.165) is 0 Å². The molecule has 1 unspecified atom stereocenters. The van der Waals surface area contributed by atoms with Crippen LogP contribution in [0.15, 0.2) is 12.1 Å². The van der Waals surface area contributed by atoms with Gasteiger partial charge in [-0.2, -0.15) is 0 Å². The summed E-state index contributed by atoms with van der Waals surface area (Å²) in [5.41, 5.74) is 0.382. The number of halogens is 1. The number of rotatable bonds is 10. The van der Waals surface area contributed by atoms with Crippen molar-refractivity contribution in [2.24, 2.45) is 0 Å². The van der Waals surface area contributed by atoms with Crippen molar-refractivity contribution in [2.45, 2.75) is 6.10 Å². The molecule has 0 heterocycles. The molecule has 0 spiro atoms. The van der Waals surface area contributed by atoms with Gasteiger partial charge in [0.05, 0.1) is 32.0 Å². The Balaban J connectivity index is 2.56. The standard InChI is InChI=1S/C14H19ClO6/c1-18-3-4-20-8-11(17)9-21-14-12(15)5-10(7-16)6-13(14)19-2/h5-7,11,17H,3-4,8-9H2,1-2H3. The second-order valence-electron chi connectivity index (χ2n) is 4.18. The first kappa shape index (κ1) is 17.7. The van der Waals surface area contributed by atoms with E-state index in [2.05, 4.69) is 0 Å². The van der Waals surface area contributed by atoms with Crippen LogP contribution in [-0.2, 0) is 9.47 Å². The summed E-state index contributed by atoms with van der Waals surface area (Å²) < 4.78 is 20.6. The Kier molecular flexibility index (Phi) is 8.07. The van der Waals surface area contributed by atoms with E-state index in [4.69, 9.17) is 30.5 Å². The van der Waals surface area contributed by atoms with Gasteiger partial charge in [0.1, 0.15) is 19.0 Å². The summed E-state index contributed by atoms with van der Waals surface area (Å²) in [6, 6.07) is 2.98. The number of aldehydes is 1. The molecule has 0 aliphatic rings. The number of ether oxygens (including phenoxy) is 4. The van der Waals surface area contributed by atoms with Gasteiger partial charge in [0, 0.05) is 12.7 Å². The van der Waals surface area contributed by atoms with E-state index in [-0.39, 0.29) is 24.0 Å². The summed E-state index contributed by atoms with van der Waals surface area (Å²) in [4.78, 5) is 10.8. The summed E-state index contributed by atoms with van der Waals surface area (Å²) in [6.45, 7) is 0.964. The van der Waals surface area contributed by atoms with Gasteiger partial charge in [-0.15, -0.1) is 0 Å². The molecule has 0 fully saturated rings. The smallest absolute Gasteiger partial charge is 0.179 e. The molecule has 1 rings (SSSR count). The third-order valence-corrected chi connectivity index (χ3v) is 2.83. The molecule has 7 heteroatoms. The van der Waals surface area contributed by atoms with Crippen molar-refractivity contribution in [3.8, 4) is 11.5 Å². The molecule has 0 aromatic heterocycles. The van der Waals surface area contributed by atoms with Gasteiger partial charge in [-0.25, -0.2) is 0 Å². The predicted octanol–water partition coefficient (Wildman–Crippen LogP) is 1.56. The fraction of sp³-hybridized carbons (Fsp3) is 0.500. The predicted molar refractivity (Wildman–Crippen MR) is 77.6 cm³/mol. The average molecular weight is 319 g/mol. The monoisotopic (exact) mass is 318 g/mol. The highest BCUT2D eigenvalue weighted by atomic mass is 35.5. The molecule has 0 amide bonds. The topological polar surface area (TPSA) is 74.2 Å². The maximum Gasteiger partial charge on any atom is 0.179 e. The molecule has 0 saturated carbocycles. The van der Waals surface area contributed by atoms with Crippen molar-refractivity contribution in [2.75, 3.05) is 40.6 Å². The molecule has 118 valence electrons. The lowest BCUT2D eigenvalue weighted by Gasteiger charge is -2.16. The first-order valence-corrected chi connectivity index (χ1v) is 6.70. The van der Waals surface area contributed by atoms with E-state index in [1.54, 1.807) is 7.11 Å². The first-order valence-electron chi connectivity index (χ1n) is 6.32. The van der Waals surface area contributed by atoms with Gasteiger partial charge in [-0.05, 0) is 12.1 Å². The van der Waals surface area contributed by atoms with E-state index < -0.39 is 6.10 Å². The lowest BCUT2D eigenvalue weighted by Crippen LogP contribution is -2.24. The zero-order valence-electron chi connectivity index (χ0n) is 12.0. The maximum absolute atomic E-state index is 10.8. The molecule has 6 nitrogen and oxygen atoms in total. The summed E-state index contributed by atoms with van der Waals surface area (Å²) in [5, 5.41) is 9.97. The van der Waals surface area contributed by atoms with Crippen LogP contribution in [0.5, 0.6) is 11.5 Å². The number of hydrogen-bond acceptors (Lipinski definition) is 6. The summed E-state index contributed by atoms with van der Waals surface area (Å²) in [6.07, 6.45) is -0.148. The van der Waals surface area contributed by atoms with Crippen LogP contribution in [0.25, 0.3) is 0 Å². The van der Waals surface area contributed by atoms with Gasteiger partial charge in [0.15, 0.2) is 11.5 Å². The fourth-order valence-corrected chi connectivity index (χ4v) is 1.81. The molecule has 1 N–H and O–H groups in total. The van der Waals surface area contributed by atoms with Crippen LogP contribution in [0, 0.1) is 0 Å². The zero-order valence-corrected chi connectivity index (χ0v) is 12.8. The number of aliphatic hydroxyl groups is 1. The zero-order chi connectivity index (χ0) is 15.7. The van der Waals surface area contributed by atoms with Gasteiger partial charge in [-0.3, -0.25) is 4.79 Å². The molecule has 1 atom stereocenters. The number of benzene rings is 1. The van der Waals surface area contributed by atoms with Gasteiger partial charge >= 0.3 is 0 Å². The third-order valence-electron chi connectivity index (χ3n) is 2.55. The van der Waals surface area contributed by atoms with Crippen molar-refractivity contribution in [3.63, 3.8) is 0 Å². The Morgan fingerprint density at radius 1 is 1.29 bits per heavy atom. The molecule has 1 aromatic carbocycles. The highest BCUT2D eigenvalue weighted by Gasteiger charge is 2.14. The third kappa shape index (κ3) is 5.89. The van der Waals surface area contributed by atoms with Gasteiger partial charge in [0.2, 0.25) is 0 Å². The molecule has 0 saturated heterocycles. The van der Waals surface area contributed by atoms with E-state index >= 15 is 0 Å². The van der Waals surface area contributed by atoms with Crippen LogP contribution in [0.2, 0.25) is 5.02 Å². The molecule has 0 aliphatic heterocycles.